The van der Waals surface area contributed by atoms with Gasteiger partial charge in [0, 0.05) is 26.6 Å². The number of aryl methyl sites for hydroxylation is 1. The van der Waals surface area contributed by atoms with Gasteiger partial charge in [0.05, 0.1) is 20.3 Å². The van der Waals surface area contributed by atoms with Crippen molar-refractivity contribution < 1.29 is 14.3 Å². The number of esters is 1. The lowest BCUT2D eigenvalue weighted by molar-refractivity contribution is -0.137. The van der Waals surface area contributed by atoms with Crippen LogP contribution in [-0.4, -0.2) is 44.3 Å². The number of methoxy groups -OCH3 is 1. The molecular formula is C17H29NO3. The molecule has 0 radical (unpaired) electrons. The van der Waals surface area contributed by atoms with Crippen LogP contribution < -0.4 is 0 Å². The SMILES string of the molecule is CC.COC(C)=O.Cc1ccc(CN2CCOCC2)cc1. The van der Waals surface area contributed by atoms with Crippen molar-refractivity contribution in [1.29, 1.82) is 0 Å². The predicted octanol–water partition coefficient (Wildman–Crippen LogP) is 3.03. The minimum Gasteiger partial charge on any atom is -0.469 e. The summed E-state index contributed by atoms with van der Waals surface area (Å²) in [6.07, 6.45) is 0. The van der Waals surface area contributed by atoms with Crippen molar-refractivity contribution in [2.24, 2.45) is 0 Å². The predicted molar refractivity (Wildman–Crippen MR) is 86.3 cm³/mol. The van der Waals surface area contributed by atoms with Gasteiger partial charge in [-0.2, -0.15) is 0 Å². The molecule has 0 N–H and O–H groups in total. The van der Waals surface area contributed by atoms with Gasteiger partial charge in [-0.3, -0.25) is 9.69 Å². The number of ether oxygens (including phenoxy) is 2. The summed E-state index contributed by atoms with van der Waals surface area (Å²) in [4.78, 5) is 12.0. The van der Waals surface area contributed by atoms with Crippen molar-refractivity contribution >= 4 is 5.97 Å². The van der Waals surface area contributed by atoms with Crippen LogP contribution in [0.3, 0.4) is 0 Å². The molecule has 0 bridgehead atoms. The van der Waals surface area contributed by atoms with E-state index < -0.39 is 0 Å². The van der Waals surface area contributed by atoms with Gasteiger partial charge in [0.25, 0.3) is 0 Å². The summed E-state index contributed by atoms with van der Waals surface area (Å²) in [6.45, 7) is 12.4. The fourth-order valence-corrected chi connectivity index (χ4v) is 1.71. The summed E-state index contributed by atoms with van der Waals surface area (Å²) in [6, 6.07) is 8.78. The Morgan fingerprint density at radius 2 is 1.67 bits per heavy atom. The molecule has 4 heteroatoms. The van der Waals surface area contributed by atoms with Crippen molar-refractivity contribution in [2.45, 2.75) is 34.2 Å². The van der Waals surface area contributed by atoms with Crippen LogP contribution in [0.4, 0.5) is 0 Å². The van der Waals surface area contributed by atoms with Crippen LogP contribution in [0.2, 0.25) is 0 Å². The zero-order valence-corrected chi connectivity index (χ0v) is 14.0. The van der Waals surface area contributed by atoms with Gasteiger partial charge < -0.3 is 9.47 Å². The number of nitrogens with zero attached hydrogens (tertiary/aromatic N) is 1. The van der Waals surface area contributed by atoms with Crippen molar-refractivity contribution in [2.75, 3.05) is 33.4 Å². The quantitative estimate of drug-likeness (QED) is 0.786. The number of carbonyl (C=O) groups excluding carboxylic acids is 1. The van der Waals surface area contributed by atoms with Crippen molar-refractivity contribution in [3.05, 3.63) is 35.4 Å². The van der Waals surface area contributed by atoms with E-state index in [1.54, 1.807) is 0 Å². The molecule has 1 saturated heterocycles. The molecule has 1 aliphatic heterocycles. The highest BCUT2D eigenvalue weighted by atomic mass is 16.5. The van der Waals surface area contributed by atoms with Crippen LogP contribution in [-0.2, 0) is 20.8 Å². The standard InChI is InChI=1S/C12H17NO.C3H6O2.C2H6/c1-11-2-4-12(5-3-11)10-13-6-8-14-9-7-13;1-3(4)5-2;1-2/h2-5H,6-10H2,1H3;1-2H3;1-2H3. The second-order valence-electron chi connectivity index (χ2n) is 4.57. The van der Waals surface area contributed by atoms with E-state index in [9.17, 15) is 4.79 Å². The average molecular weight is 295 g/mol. The van der Waals surface area contributed by atoms with E-state index in [2.05, 4.69) is 40.8 Å². The molecule has 1 fully saturated rings. The Morgan fingerprint density at radius 3 is 2.10 bits per heavy atom. The summed E-state index contributed by atoms with van der Waals surface area (Å²) >= 11 is 0. The van der Waals surface area contributed by atoms with E-state index in [0.717, 1.165) is 32.8 Å². The van der Waals surface area contributed by atoms with Gasteiger partial charge in [-0.1, -0.05) is 43.7 Å². The average Bonchev–Trinajstić information content (AvgIpc) is 2.53. The highest BCUT2D eigenvalue weighted by molar-refractivity contribution is 5.65. The molecule has 4 nitrogen and oxygen atoms in total. The van der Waals surface area contributed by atoms with E-state index in [1.165, 1.54) is 25.2 Å². The molecule has 120 valence electrons. The van der Waals surface area contributed by atoms with Gasteiger partial charge in [-0.05, 0) is 12.5 Å². The van der Waals surface area contributed by atoms with Crippen LogP contribution in [0.1, 0.15) is 31.9 Å². The summed E-state index contributed by atoms with van der Waals surface area (Å²) in [5, 5.41) is 0. The van der Waals surface area contributed by atoms with Crippen molar-refractivity contribution in [1.82, 2.24) is 4.90 Å². The third-order valence-corrected chi connectivity index (χ3v) is 2.92. The normalized spacial score (nSPS) is 14.1. The van der Waals surface area contributed by atoms with Crippen LogP contribution in [0.25, 0.3) is 0 Å². The minimum absolute atomic E-state index is 0.245. The third-order valence-electron chi connectivity index (χ3n) is 2.92. The van der Waals surface area contributed by atoms with Gasteiger partial charge in [0.15, 0.2) is 0 Å². The van der Waals surface area contributed by atoms with Crippen LogP contribution >= 0.6 is 0 Å². The maximum absolute atomic E-state index is 9.59. The Balaban J connectivity index is 0.000000489. The summed E-state index contributed by atoms with van der Waals surface area (Å²) < 4.78 is 9.43. The molecule has 0 unspecified atom stereocenters. The Labute approximate surface area is 129 Å². The minimum atomic E-state index is -0.245. The Morgan fingerprint density at radius 1 is 1.19 bits per heavy atom. The molecule has 0 spiro atoms. The largest absolute Gasteiger partial charge is 0.469 e. The highest BCUT2D eigenvalue weighted by Crippen LogP contribution is 2.08. The lowest BCUT2D eigenvalue weighted by Gasteiger charge is -2.26. The fourth-order valence-electron chi connectivity index (χ4n) is 1.71. The van der Waals surface area contributed by atoms with Gasteiger partial charge in [0.1, 0.15) is 0 Å². The molecule has 0 atom stereocenters. The Kier molecular flexibility index (Phi) is 11.5. The van der Waals surface area contributed by atoms with Gasteiger partial charge in [0.2, 0.25) is 0 Å². The second kappa shape index (κ2) is 12.4. The molecule has 0 amide bonds. The topological polar surface area (TPSA) is 38.8 Å². The second-order valence-corrected chi connectivity index (χ2v) is 4.57. The van der Waals surface area contributed by atoms with Crippen molar-refractivity contribution in [3.63, 3.8) is 0 Å². The van der Waals surface area contributed by atoms with E-state index >= 15 is 0 Å². The summed E-state index contributed by atoms with van der Waals surface area (Å²) in [5.41, 5.74) is 2.73. The Hall–Kier alpha value is -1.39. The molecular weight excluding hydrogens is 266 g/mol. The molecule has 21 heavy (non-hydrogen) atoms. The monoisotopic (exact) mass is 295 g/mol. The first-order chi connectivity index (χ1) is 10.1. The zero-order valence-electron chi connectivity index (χ0n) is 14.0. The molecule has 1 aromatic carbocycles. The first-order valence-corrected chi connectivity index (χ1v) is 7.52. The van der Waals surface area contributed by atoms with Crippen LogP contribution in [0, 0.1) is 6.92 Å². The fraction of sp³-hybridized carbons (Fsp3) is 0.588. The molecule has 0 aromatic heterocycles. The number of carbonyl (C=O) groups is 1. The lowest BCUT2D eigenvalue weighted by atomic mass is 10.1. The number of morpholine rings is 1. The molecule has 0 saturated carbocycles. The number of rotatable bonds is 2. The van der Waals surface area contributed by atoms with Crippen LogP contribution in [0.5, 0.6) is 0 Å². The summed E-state index contributed by atoms with van der Waals surface area (Å²) in [7, 11) is 1.35. The van der Waals surface area contributed by atoms with E-state index in [1.807, 2.05) is 13.8 Å². The lowest BCUT2D eigenvalue weighted by Crippen LogP contribution is -2.35. The molecule has 1 aromatic rings. The van der Waals surface area contributed by atoms with Gasteiger partial charge in [-0.25, -0.2) is 0 Å². The van der Waals surface area contributed by atoms with Crippen molar-refractivity contribution in [3.8, 4) is 0 Å². The number of hydrogen-bond donors (Lipinski definition) is 0. The first-order valence-electron chi connectivity index (χ1n) is 7.52. The maximum Gasteiger partial charge on any atom is 0.302 e. The highest BCUT2D eigenvalue weighted by Gasteiger charge is 2.09. The third kappa shape index (κ3) is 10.0. The van der Waals surface area contributed by atoms with Gasteiger partial charge >= 0.3 is 5.97 Å². The van der Waals surface area contributed by atoms with Crippen LogP contribution in [0.15, 0.2) is 24.3 Å². The molecule has 0 aliphatic carbocycles. The molecule has 1 heterocycles. The van der Waals surface area contributed by atoms with E-state index in [0.29, 0.717) is 0 Å². The first kappa shape index (κ1) is 19.6. The molecule has 2 rings (SSSR count). The van der Waals surface area contributed by atoms with Gasteiger partial charge in [-0.15, -0.1) is 0 Å². The number of benzene rings is 1. The zero-order chi connectivity index (χ0) is 16.1. The number of hydrogen-bond acceptors (Lipinski definition) is 4. The Bertz CT molecular complexity index is 370. The maximum atomic E-state index is 9.59. The van der Waals surface area contributed by atoms with E-state index in [4.69, 9.17) is 4.74 Å². The molecule has 1 aliphatic rings. The van der Waals surface area contributed by atoms with E-state index in [-0.39, 0.29) is 5.97 Å². The summed E-state index contributed by atoms with van der Waals surface area (Å²) in [5.74, 6) is -0.245. The smallest absolute Gasteiger partial charge is 0.302 e.